The summed E-state index contributed by atoms with van der Waals surface area (Å²) in [7, 11) is 0. The number of thioether (sulfide) groups is 1. The Balaban J connectivity index is 1.65. The summed E-state index contributed by atoms with van der Waals surface area (Å²) < 4.78 is 18.9. The summed E-state index contributed by atoms with van der Waals surface area (Å²) >= 11 is 1.31. The van der Waals surface area contributed by atoms with Crippen LogP contribution in [0.25, 0.3) is 0 Å². The maximum atomic E-state index is 13.1. The van der Waals surface area contributed by atoms with Crippen molar-refractivity contribution in [3.05, 3.63) is 81.4 Å². The van der Waals surface area contributed by atoms with E-state index in [2.05, 4.69) is 15.3 Å². The number of halogens is 1. The molecule has 0 spiro atoms. The van der Waals surface area contributed by atoms with Crippen molar-refractivity contribution in [2.24, 2.45) is 0 Å². The quantitative estimate of drug-likeness (QED) is 0.419. The molecule has 1 aromatic heterocycles. The zero-order chi connectivity index (χ0) is 21.8. The van der Waals surface area contributed by atoms with Crippen molar-refractivity contribution in [3.8, 4) is 5.75 Å². The van der Waals surface area contributed by atoms with Gasteiger partial charge in [0.25, 0.3) is 5.56 Å². The highest BCUT2D eigenvalue weighted by Crippen LogP contribution is 2.38. The van der Waals surface area contributed by atoms with Crippen molar-refractivity contribution in [1.29, 1.82) is 0 Å². The SMILES string of the molecule is CCCOc1ccccc1C1CC(=O)Nc2nc(SCc3ccc(F)cc3)[nH]c(=O)c21. The summed E-state index contributed by atoms with van der Waals surface area (Å²) in [5.41, 5.74) is 1.84. The van der Waals surface area contributed by atoms with Crippen LogP contribution in [-0.2, 0) is 10.5 Å². The highest BCUT2D eigenvalue weighted by molar-refractivity contribution is 7.98. The molecule has 0 radical (unpaired) electrons. The topological polar surface area (TPSA) is 84.1 Å². The summed E-state index contributed by atoms with van der Waals surface area (Å²) in [5.74, 6) is 0.513. The number of amides is 1. The number of nitrogens with one attached hydrogen (secondary N) is 2. The molecule has 1 aliphatic heterocycles. The molecule has 31 heavy (non-hydrogen) atoms. The number of carbonyl (C=O) groups is 1. The average Bonchev–Trinajstić information content (AvgIpc) is 2.76. The van der Waals surface area contributed by atoms with Gasteiger partial charge in [-0.25, -0.2) is 9.37 Å². The van der Waals surface area contributed by atoms with Crippen molar-refractivity contribution < 1.29 is 13.9 Å². The molecule has 0 saturated carbocycles. The second-order valence-corrected chi connectivity index (χ2v) is 8.20. The van der Waals surface area contributed by atoms with E-state index in [4.69, 9.17) is 4.74 Å². The van der Waals surface area contributed by atoms with Crippen LogP contribution in [0.2, 0.25) is 0 Å². The highest BCUT2D eigenvalue weighted by Gasteiger charge is 2.32. The summed E-state index contributed by atoms with van der Waals surface area (Å²) in [5, 5.41) is 3.13. The Morgan fingerprint density at radius 1 is 1.16 bits per heavy atom. The monoisotopic (exact) mass is 439 g/mol. The molecule has 8 heteroatoms. The number of aromatic nitrogens is 2. The molecule has 3 aromatic rings. The number of H-pyrrole nitrogens is 1. The average molecular weight is 440 g/mol. The van der Waals surface area contributed by atoms with Crippen LogP contribution in [0.5, 0.6) is 5.75 Å². The number of nitrogens with zero attached hydrogens (tertiary/aromatic N) is 1. The first-order chi connectivity index (χ1) is 15.0. The van der Waals surface area contributed by atoms with Gasteiger partial charge in [0, 0.05) is 23.7 Å². The molecule has 6 nitrogen and oxygen atoms in total. The van der Waals surface area contributed by atoms with Gasteiger partial charge < -0.3 is 15.0 Å². The standard InChI is InChI=1S/C23H22FN3O3S/c1-2-11-30-18-6-4-3-5-16(18)17-12-19(28)25-21-20(17)22(29)27-23(26-21)31-13-14-7-9-15(24)10-8-14/h3-10,17H,2,11-13H2,1H3,(H2,25,26,27,28,29). The largest absolute Gasteiger partial charge is 0.493 e. The molecule has 0 bridgehead atoms. The molecule has 1 amide bonds. The number of hydrogen-bond donors (Lipinski definition) is 2. The maximum Gasteiger partial charge on any atom is 0.257 e. The lowest BCUT2D eigenvalue weighted by atomic mass is 9.86. The number of aromatic amines is 1. The fraction of sp³-hybridized carbons (Fsp3) is 0.261. The van der Waals surface area contributed by atoms with E-state index in [0.717, 1.165) is 17.5 Å². The number of rotatable bonds is 7. The van der Waals surface area contributed by atoms with Crippen LogP contribution >= 0.6 is 11.8 Å². The molecule has 2 N–H and O–H groups in total. The minimum atomic E-state index is -0.441. The van der Waals surface area contributed by atoms with E-state index in [-0.39, 0.29) is 29.5 Å². The third-order valence-corrected chi connectivity index (χ3v) is 5.92. The van der Waals surface area contributed by atoms with Crippen LogP contribution in [0, 0.1) is 5.82 Å². The van der Waals surface area contributed by atoms with Gasteiger partial charge in [-0.2, -0.15) is 0 Å². The number of hydrogen-bond acceptors (Lipinski definition) is 5. The molecule has 1 aliphatic rings. The van der Waals surface area contributed by atoms with Crippen molar-refractivity contribution in [2.45, 2.75) is 36.6 Å². The minimum Gasteiger partial charge on any atom is -0.493 e. The Labute approximate surface area is 183 Å². The van der Waals surface area contributed by atoms with Crippen LogP contribution < -0.4 is 15.6 Å². The predicted molar refractivity (Wildman–Crippen MR) is 118 cm³/mol. The Hall–Kier alpha value is -3.13. The summed E-state index contributed by atoms with van der Waals surface area (Å²) in [6, 6.07) is 13.6. The second-order valence-electron chi connectivity index (χ2n) is 7.24. The lowest BCUT2D eigenvalue weighted by Gasteiger charge is -2.26. The van der Waals surface area contributed by atoms with Crippen LogP contribution in [0.1, 0.15) is 42.4 Å². The lowest BCUT2D eigenvalue weighted by Crippen LogP contribution is -2.31. The number of ether oxygens (including phenoxy) is 1. The molecule has 160 valence electrons. The molecule has 1 unspecified atom stereocenters. The van der Waals surface area contributed by atoms with E-state index in [1.807, 2.05) is 31.2 Å². The van der Waals surface area contributed by atoms with E-state index >= 15 is 0 Å². The zero-order valence-corrected chi connectivity index (χ0v) is 17.8. The molecule has 0 fully saturated rings. The van der Waals surface area contributed by atoms with Crippen LogP contribution in [-0.4, -0.2) is 22.5 Å². The molecular formula is C23H22FN3O3S. The van der Waals surface area contributed by atoms with Crippen LogP contribution in [0.15, 0.2) is 58.5 Å². The van der Waals surface area contributed by atoms with E-state index in [9.17, 15) is 14.0 Å². The first-order valence-electron chi connectivity index (χ1n) is 10.1. The van der Waals surface area contributed by atoms with Crippen molar-refractivity contribution in [3.63, 3.8) is 0 Å². The first-order valence-corrected chi connectivity index (χ1v) is 11.1. The molecule has 0 saturated heterocycles. The number of benzene rings is 2. The number of para-hydroxylation sites is 1. The van der Waals surface area contributed by atoms with Gasteiger partial charge in [0.1, 0.15) is 17.4 Å². The molecule has 1 atom stereocenters. The molecule has 2 aromatic carbocycles. The fourth-order valence-corrected chi connectivity index (χ4v) is 4.35. The van der Waals surface area contributed by atoms with Gasteiger partial charge in [-0.3, -0.25) is 9.59 Å². The number of fused-ring (bicyclic) bond motifs is 1. The number of anilines is 1. The smallest absolute Gasteiger partial charge is 0.257 e. The molecule has 0 aliphatic carbocycles. The summed E-state index contributed by atoms with van der Waals surface area (Å²) in [6.45, 7) is 2.57. The second kappa shape index (κ2) is 9.34. The number of carbonyl (C=O) groups excluding carboxylic acids is 1. The molecule has 4 rings (SSSR count). The first kappa shape index (κ1) is 21.1. The van der Waals surface area contributed by atoms with Gasteiger partial charge in [0.2, 0.25) is 5.91 Å². The Morgan fingerprint density at radius 2 is 1.94 bits per heavy atom. The maximum absolute atomic E-state index is 13.1. The van der Waals surface area contributed by atoms with E-state index in [1.54, 1.807) is 12.1 Å². The third kappa shape index (κ3) is 4.80. The van der Waals surface area contributed by atoms with Crippen molar-refractivity contribution in [2.75, 3.05) is 11.9 Å². The van der Waals surface area contributed by atoms with E-state index in [0.29, 0.717) is 28.8 Å². The van der Waals surface area contributed by atoms with Crippen LogP contribution in [0.3, 0.4) is 0 Å². The van der Waals surface area contributed by atoms with Crippen molar-refractivity contribution >= 4 is 23.5 Å². The van der Waals surface area contributed by atoms with Crippen molar-refractivity contribution in [1.82, 2.24) is 9.97 Å². The lowest BCUT2D eigenvalue weighted by molar-refractivity contribution is -0.116. The molecular weight excluding hydrogens is 417 g/mol. The zero-order valence-electron chi connectivity index (χ0n) is 17.0. The fourth-order valence-electron chi connectivity index (χ4n) is 3.53. The van der Waals surface area contributed by atoms with Gasteiger partial charge in [0.15, 0.2) is 5.16 Å². The third-order valence-electron chi connectivity index (χ3n) is 4.97. The van der Waals surface area contributed by atoms with Crippen LogP contribution in [0.4, 0.5) is 10.2 Å². The van der Waals surface area contributed by atoms with E-state index < -0.39 is 5.92 Å². The Bertz CT molecular complexity index is 1150. The molecule has 2 heterocycles. The van der Waals surface area contributed by atoms with Gasteiger partial charge in [-0.15, -0.1) is 0 Å². The summed E-state index contributed by atoms with van der Waals surface area (Å²) in [4.78, 5) is 32.7. The normalized spacial score (nSPS) is 15.3. The van der Waals surface area contributed by atoms with E-state index in [1.165, 1.54) is 23.9 Å². The predicted octanol–water partition coefficient (Wildman–Crippen LogP) is 4.46. The van der Waals surface area contributed by atoms with Gasteiger partial charge in [0.05, 0.1) is 12.2 Å². The highest BCUT2D eigenvalue weighted by atomic mass is 32.2. The van der Waals surface area contributed by atoms with Gasteiger partial charge in [-0.05, 0) is 30.2 Å². The Morgan fingerprint density at radius 3 is 2.71 bits per heavy atom. The summed E-state index contributed by atoms with van der Waals surface area (Å²) in [6.07, 6.45) is 0.999. The van der Waals surface area contributed by atoms with Gasteiger partial charge >= 0.3 is 0 Å². The Kier molecular flexibility index (Phi) is 6.36. The minimum absolute atomic E-state index is 0.145. The van der Waals surface area contributed by atoms with Gasteiger partial charge in [-0.1, -0.05) is 49.0 Å².